The van der Waals surface area contributed by atoms with Crippen LogP contribution in [0.2, 0.25) is 0 Å². The van der Waals surface area contributed by atoms with Gasteiger partial charge in [-0.25, -0.2) is 0 Å². The molecule has 1 saturated heterocycles. The van der Waals surface area contributed by atoms with E-state index in [-0.39, 0.29) is 5.60 Å². The van der Waals surface area contributed by atoms with Crippen LogP contribution in [0.1, 0.15) is 96.8 Å². The van der Waals surface area contributed by atoms with Crippen LogP contribution in [0.5, 0.6) is 0 Å². The van der Waals surface area contributed by atoms with Crippen LogP contribution in [0.3, 0.4) is 0 Å². The number of hydrogen-bond acceptors (Lipinski definition) is 5. The first-order valence-corrected chi connectivity index (χ1v) is 10.9. The minimum Gasteiger partial charge on any atom is -0.468 e. The van der Waals surface area contributed by atoms with Crippen molar-refractivity contribution in [2.45, 2.75) is 102 Å². The first-order chi connectivity index (χ1) is 13.1. The Kier molecular flexibility index (Phi) is 12.4. The van der Waals surface area contributed by atoms with Crippen molar-refractivity contribution < 1.29 is 23.8 Å². The zero-order valence-electron chi connectivity index (χ0n) is 17.7. The van der Waals surface area contributed by atoms with Gasteiger partial charge in [0, 0.05) is 6.42 Å². The average molecular weight is 385 g/mol. The third-order valence-electron chi connectivity index (χ3n) is 5.59. The van der Waals surface area contributed by atoms with Gasteiger partial charge < -0.3 is 14.2 Å². The first kappa shape index (κ1) is 23.9. The van der Waals surface area contributed by atoms with E-state index < -0.39 is 17.9 Å². The molecule has 0 spiro atoms. The summed E-state index contributed by atoms with van der Waals surface area (Å²) in [6.07, 6.45) is 17.0. The third kappa shape index (κ3) is 10.1. The lowest BCUT2D eigenvalue weighted by Gasteiger charge is -2.17. The number of ether oxygens (including phenoxy) is 3. The Morgan fingerprint density at radius 1 is 0.815 bits per heavy atom. The molecule has 5 heteroatoms. The number of rotatable bonds is 17. The predicted molar refractivity (Wildman–Crippen MR) is 107 cm³/mol. The summed E-state index contributed by atoms with van der Waals surface area (Å²) in [6, 6.07) is 0. The lowest BCUT2D eigenvalue weighted by Crippen LogP contribution is -2.31. The van der Waals surface area contributed by atoms with Gasteiger partial charge >= 0.3 is 11.9 Å². The Labute approximate surface area is 165 Å². The first-order valence-electron chi connectivity index (χ1n) is 10.9. The van der Waals surface area contributed by atoms with Crippen molar-refractivity contribution in [2.75, 3.05) is 20.8 Å². The largest absolute Gasteiger partial charge is 0.468 e. The molecule has 158 valence electrons. The number of methoxy groups -OCH3 is 2. The van der Waals surface area contributed by atoms with Gasteiger partial charge in [0.25, 0.3) is 0 Å². The van der Waals surface area contributed by atoms with E-state index in [1.54, 1.807) is 0 Å². The summed E-state index contributed by atoms with van der Waals surface area (Å²) >= 11 is 0. The molecule has 1 unspecified atom stereocenters. The van der Waals surface area contributed by atoms with Gasteiger partial charge in [-0.15, -0.1) is 0 Å². The molecule has 27 heavy (non-hydrogen) atoms. The van der Waals surface area contributed by atoms with Gasteiger partial charge in [-0.2, -0.15) is 0 Å². The molecular formula is C22H40O5. The summed E-state index contributed by atoms with van der Waals surface area (Å²) in [5.41, 5.74) is -0.328. The van der Waals surface area contributed by atoms with Crippen molar-refractivity contribution in [1.82, 2.24) is 0 Å². The predicted octanol–water partition coefficient (Wildman–Crippen LogP) is 5.20. The van der Waals surface area contributed by atoms with Crippen LogP contribution in [0.4, 0.5) is 0 Å². The van der Waals surface area contributed by atoms with Gasteiger partial charge in [0.1, 0.15) is 0 Å². The molecule has 0 aromatic rings. The monoisotopic (exact) mass is 384 g/mol. The molecule has 0 aromatic carbocycles. The number of epoxide rings is 1. The maximum absolute atomic E-state index is 11.8. The molecule has 1 fully saturated rings. The molecule has 1 atom stereocenters. The fraction of sp³-hybridized carbons (Fsp3) is 0.909. The molecule has 1 aliphatic rings. The van der Waals surface area contributed by atoms with Gasteiger partial charge in [0.05, 0.1) is 26.4 Å². The highest BCUT2D eigenvalue weighted by Crippen LogP contribution is 2.39. The summed E-state index contributed by atoms with van der Waals surface area (Å²) in [7, 11) is 2.59. The van der Waals surface area contributed by atoms with Crippen LogP contribution in [0.15, 0.2) is 0 Å². The normalized spacial score (nSPS) is 18.5. The molecular weight excluding hydrogens is 344 g/mol. The van der Waals surface area contributed by atoms with Crippen molar-refractivity contribution in [3.05, 3.63) is 0 Å². The summed E-state index contributed by atoms with van der Waals surface area (Å²) in [4.78, 5) is 23.6. The molecule has 0 bridgehead atoms. The molecule has 5 nitrogen and oxygen atoms in total. The van der Waals surface area contributed by atoms with Crippen LogP contribution in [0, 0.1) is 5.92 Å². The molecule has 0 amide bonds. The topological polar surface area (TPSA) is 65.1 Å². The van der Waals surface area contributed by atoms with Gasteiger partial charge in [-0.05, 0) is 6.42 Å². The number of unbranched alkanes of at least 4 members (excludes halogenated alkanes) is 11. The van der Waals surface area contributed by atoms with E-state index >= 15 is 0 Å². The number of esters is 2. The standard InChI is InChI=1S/C22H40O5/c1-4-5-6-7-8-9-10-11-12-13-14-15-16-22(18-27-22)17-19(20(23)25-2)21(24)26-3/h19H,4-18H2,1-3H3. The number of carbonyl (C=O) groups excluding carboxylic acids is 2. The fourth-order valence-corrected chi connectivity index (χ4v) is 3.67. The molecule has 0 saturated carbocycles. The summed E-state index contributed by atoms with van der Waals surface area (Å²) in [5, 5.41) is 0. The van der Waals surface area contributed by atoms with Crippen LogP contribution in [0.25, 0.3) is 0 Å². The Hall–Kier alpha value is -1.10. The SMILES string of the molecule is CCCCCCCCCCCCCCC1(CC(C(=O)OC)C(=O)OC)CO1. The highest BCUT2D eigenvalue weighted by atomic mass is 16.6. The second-order valence-electron chi connectivity index (χ2n) is 7.91. The smallest absolute Gasteiger partial charge is 0.320 e. The summed E-state index contributed by atoms with van der Waals surface area (Å²) < 4.78 is 15.1. The maximum Gasteiger partial charge on any atom is 0.320 e. The van der Waals surface area contributed by atoms with Gasteiger partial charge in [-0.3, -0.25) is 9.59 Å². The maximum atomic E-state index is 11.8. The van der Waals surface area contributed by atoms with Crippen LogP contribution < -0.4 is 0 Å². The molecule has 0 radical (unpaired) electrons. The van der Waals surface area contributed by atoms with E-state index in [1.165, 1.54) is 84.8 Å². The van der Waals surface area contributed by atoms with Crippen LogP contribution in [-0.2, 0) is 23.8 Å². The lowest BCUT2D eigenvalue weighted by molar-refractivity contribution is -0.159. The Morgan fingerprint density at radius 2 is 1.22 bits per heavy atom. The van der Waals surface area contributed by atoms with E-state index in [0.717, 1.165) is 12.8 Å². The number of hydrogen-bond donors (Lipinski definition) is 0. The summed E-state index contributed by atoms with van der Waals surface area (Å²) in [5.74, 6) is -1.95. The molecule has 1 heterocycles. The zero-order valence-corrected chi connectivity index (χ0v) is 17.7. The second kappa shape index (κ2) is 14.0. The molecule has 1 rings (SSSR count). The zero-order chi connectivity index (χ0) is 20.0. The fourth-order valence-electron chi connectivity index (χ4n) is 3.67. The van der Waals surface area contributed by atoms with Crippen LogP contribution >= 0.6 is 0 Å². The van der Waals surface area contributed by atoms with E-state index in [9.17, 15) is 9.59 Å². The van der Waals surface area contributed by atoms with Gasteiger partial charge in [-0.1, -0.05) is 84.0 Å². The van der Waals surface area contributed by atoms with E-state index in [4.69, 9.17) is 14.2 Å². The van der Waals surface area contributed by atoms with Crippen LogP contribution in [-0.4, -0.2) is 38.4 Å². The second-order valence-corrected chi connectivity index (χ2v) is 7.91. The molecule has 0 aromatic heterocycles. The van der Waals surface area contributed by atoms with Crippen molar-refractivity contribution in [2.24, 2.45) is 5.92 Å². The van der Waals surface area contributed by atoms with Gasteiger partial charge in [0.2, 0.25) is 0 Å². The molecule has 0 aliphatic carbocycles. The Balaban J connectivity index is 2.07. The Bertz CT molecular complexity index is 401. The molecule has 1 aliphatic heterocycles. The average Bonchev–Trinajstić information content (AvgIpc) is 3.45. The van der Waals surface area contributed by atoms with Crippen molar-refractivity contribution >= 4 is 11.9 Å². The number of carbonyl (C=O) groups is 2. The third-order valence-corrected chi connectivity index (χ3v) is 5.59. The lowest BCUT2D eigenvalue weighted by atomic mass is 9.90. The van der Waals surface area contributed by atoms with Crippen molar-refractivity contribution in [3.8, 4) is 0 Å². The van der Waals surface area contributed by atoms with Gasteiger partial charge in [0.15, 0.2) is 5.92 Å². The minimum atomic E-state index is -0.875. The van der Waals surface area contributed by atoms with Crippen molar-refractivity contribution in [1.29, 1.82) is 0 Å². The van der Waals surface area contributed by atoms with Crippen molar-refractivity contribution in [3.63, 3.8) is 0 Å². The van der Waals surface area contributed by atoms with E-state index in [0.29, 0.717) is 13.0 Å². The minimum absolute atomic E-state index is 0.328. The molecule has 0 N–H and O–H groups in total. The quantitative estimate of drug-likeness (QED) is 0.149. The highest BCUT2D eigenvalue weighted by molar-refractivity contribution is 5.94. The van der Waals surface area contributed by atoms with E-state index in [2.05, 4.69) is 6.92 Å². The highest BCUT2D eigenvalue weighted by Gasteiger charge is 2.49. The summed E-state index contributed by atoms with van der Waals surface area (Å²) in [6.45, 7) is 2.88. The Morgan fingerprint density at radius 3 is 1.59 bits per heavy atom. The van der Waals surface area contributed by atoms with E-state index in [1.807, 2.05) is 0 Å².